The summed E-state index contributed by atoms with van der Waals surface area (Å²) in [4.78, 5) is 0. The predicted molar refractivity (Wildman–Crippen MR) is 212 cm³/mol. The van der Waals surface area contributed by atoms with Crippen molar-refractivity contribution in [3.05, 3.63) is 187 Å². The van der Waals surface area contributed by atoms with E-state index >= 15 is 0 Å². The first-order valence-electron chi connectivity index (χ1n) is 17.7. The van der Waals surface area contributed by atoms with Gasteiger partial charge in [0.2, 0.25) is 0 Å². The van der Waals surface area contributed by atoms with Crippen molar-refractivity contribution in [2.45, 2.75) is 13.3 Å². The normalized spacial score (nSPS) is 17.5. The van der Waals surface area contributed by atoms with Crippen molar-refractivity contribution in [2.24, 2.45) is 11.8 Å². The number of nitrogens with zero attached hydrogens (tertiary/aromatic N) is 2. The topological polar surface area (TPSA) is 9.86 Å². The number of rotatable bonds is 4. The molecule has 0 aliphatic heterocycles. The van der Waals surface area contributed by atoms with E-state index in [4.69, 9.17) is 0 Å². The molecule has 2 atom stereocenters. The summed E-state index contributed by atoms with van der Waals surface area (Å²) < 4.78 is 4.93. The Hall–Kier alpha value is -6.12. The van der Waals surface area contributed by atoms with E-state index in [0.29, 0.717) is 11.8 Å². The summed E-state index contributed by atoms with van der Waals surface area (Å²) in [5, 5.41) is 5.12. The first-order chi connectivity index (χ1) is 24.7. The van der Waals surface area contributed by atoms with Gasteiger partial charge in [-0.3, -0.25) is 0 Å². The molecule has 50 heavy (non-hydrogen) atoms. The molecular formula is C48H36N2. The first kappa shape index (κ1) is 28.9. The zero-order valence-electron chi connectivity index (χ0n) is 28.0. The molecular weight excluding hydrogens is 605 g/mol. The van der Waals surface area contributed by atoms with Gasteiger partial charge in [-0.1, -0.05) is 128 Å². The van der Waals surface area contributed by atoms with Gasteiger partial charge in [-0.2, -0.15) is 0 Å². The lowest BCUT2D eigenvalue weighted by Gasteiger charge is -2.22. The highest BCUT2D eigenvalue weighted by atomic mass is 15.0. The number of allylic oxidation sites excluding steroid dienone is 8. The third kappa shape index (κ3) is 4.49. The van der Waals surface area contributed by atoms with Gasteiger partial charge in [-0.05, 0) is 94.8 Å². The number of fused-ring (bicyclic) bond motifs is 7. The smallest absolute Gasteiger partial charge is 0.0541 e. The minimum Gasteiger partial charge on any atom is -0.313 e. The van der Waals surface area contributed by atoms with Crippen molar-refractivity contribution >= 4 is 54.9 Å². The summed E-state index contributed by atoms with van der Waals surface area (Å²) in [5.41, 5.74) is 14.0. The third-order valence-corrected chi connectivity index (χ3v) is 10.9. The van der Waals surface area contributed by atoms with Crippen LogP contribution in [0.15, 0.2) is 182 Å². The summed E-state index contributed by atoms with van der Waals surface area (Å²) in [7, 11) is 0. The van der Waals surface area contributed by atoms with Gasteiger partial charge >= 0.3 is 0 Å². The summed E-state index contributed by atoms with van der Waals surface area (Å²) in [5.74, 6) is 0.747. The molecule has 0 radical (unpaired) electrons. The fraction of sp³-hybridized carbons (Fsp3) is 0.0833. The first-order valence-corrected chi connectivity index (χ1v) is 17.7. The van der Waals surface area contributed by atoms with Crippen molar-refractivity contribution in [1.82, 2.24) is 9.13 Å². The Morgan fingerprint density at radius 3 is 1.74 bits per heavy atom. The predicted octanol–water partition coefficient (Wildman–Crippen LogP) is 12.6. The second-order valence-corrected chi connectivity index (χ2v) is 13.8. The van der Waals surface area contributed by atoms with Crippen molar-refractivity contribution in [3.63, 3.8) is 0 Å². The molecule has 2 unspecified atom stereocenters. The van der Waals surface area contributed by atoms with Gasteiger partial charge in [0.15, 0.2) is 0 Å². The van der Waals surface area contributed by atoms with Crippen LogP contribution in [0, 0.1) is 11.8 Å². The highest BCUT2D eigenvalue weighted by Gasteiger charge is 2.27. The Morgan fingerprint density at radius 2 is 1.06 bits per heavy atom. The van der Waals surface area contributed by atoms with Crippen molar-refractivity contribution in [1.29, 1.82) is 0 Å². The molecule has 8 aromatic rings. The minimum absolute atomic E-state index is 0.357. The zero-order chi connectivity index (χ0) is 33.2. The Morgan fingerprint density at radius 1 is 0.500 bits per heavy atom. The van der Waals surface area contributed by atoms with E-state index in [9.17, 15) is 0 Å². The van der Waals surface area contributed by atoms with Crippen molar-refractivity contribution in [3.8, 4) is 16.8 Å². The third-order valence-electron chi connectivity index (χ3n) is 10.9. The van der Waals surface area contributed by atoms with Crippen LogP contribution in [0.1, 0.15) is 18.9 Å². The van der Waals surface area contributed by atoms with Crippen LogP contribution >= 0.6 is 0 Å². The van der Waals surface area contributed by atoms with Crippen LogP contribution in [0.25, 0.3) is 71.7 Å². The van der Waals surface area contributed by atoms with E-state index in [1.807, 2.05) is 0 Å². The lowest BCUT2D eigenvalue weighted by molar-refractivity contribution is 0.571. The molecule has 2 heterocycles. The zero-order valence-corrected chi connectivity index (χ0v) is 28.0. The summed E-state index contributed by atoms with van der Waals surface area (Å²) in [6.07, 6.45) is 12.7. The number of hydrogen-bond acceptors (Lipinski definition) is 0. The molecule has 0 saturated heterocycles. The summed E-state index contributed by atoms with van der Waals surface area (Å²) in [6.45, 7) is 2.40. The Labute approximate surface area is 292 Å². The maximum atomic E-state index is 2.55. The fourth-order valence-electron chi connectivity index (χ4n) is 8.55. The Balaban J connectivity index is 1.16. The van der Waals surface area contributed by atoms with E-state index in [2.05, 4.69) is 192 Å². The molecule has 0 saturated carbocycles. The van der Waals surface area contributed by atoms with Crippen LogP contribution in [0.3, 0.4) is 0 Å². The van der Waals surface area contributed by atoms with E-state index in [0.717, 1.165) is 6.42 Å². The Bertz CT molecular complexity index is 2730. The number of aromatic nitrogens is 2. The van der Waals surface area contributed by atoms with Gasteiger partial charge in [0, 0.05) is 38.8 Å². The number of benzene rings is 6. The molecule has 2 nitrogen and oxygen atoms in total. The lowest BCUT2D eigenvalue weighted by Crippen LogP contribution is -2.10. The van der Waals surface area contributed by atoms with Crippen molar-refractivity contribution < 1.29 is 0 Å². The maximum absolute atomic E-state index is 2.55. The quantitative estimate of drug-likeness (QED) is 0.181. The highest BCUT2D eigenvalue weighted by molar-refractivity contribution is 6.13. The molecule has 2 aliphatic rings. The van der Waals surface area contributed by atoms with Crippen LogP contribution < -0.4 is 0 Å². The largest absolute Gasteiger partial charge is 0.313 e. The van der Waals surface area contributed by atoms with Crippen LogP contribution in [-0.4, -0.2) is 9.13 Å². The average Bonchev–Trinajstić information content (AvgIpc) is 3.63. The maximum Gasteiger partial charge on any atom is 0.0541 e. The fourth-order valence-corrected chi connectivity index (χ4v) is 8.55. The van der Waals surface area contributed by atoms with Crippen LogP contribution in [0.4, 0.5) is 0 Å². The molecule has 2 aliphatic carbocycles. The van der Waals surface area contributed by atoms with Crippen LogP contribution in [-0.2, 0) is 0 Å². The molecule has 238 valence electrons. The van der Waals surface area contributed by atoms with Crippen LogP contribution in [0.5, 0.6) is 0 Å². The molecule has 0 bridgehead atoms. The van der Waals surface area contributed by atoms with E-state index in [-0.39, 0.29) is 0 Å². The van der Waals surface area contributed by atoms with Gasteiger partial charge in [0.05, 0.1) is 22.1 Å². The number of hydrogen-bond donors (Lipinski definition) is 0. The van der Waals surface area contributed by atoms with Crippen LogP contribution in [0.2, 0.25) is 0 Å². The van der Waals surface area contributed by atoms with Gasteiger partial charge in [-0.25, -0.2) is 0 Å². The average molecular weight is 641 g/mol. The van der Waals surface area contributed by atoms with E-state index < -0.39 is 0 Å². The SMILES string of the molecule is CC1CC2C=CC=CC2=C(c2ccccc2)C=C1n1c2ccccc2c2cc(-c3ccc4c(c3)c3ccccc3n4-c3ccccc3)ccc21. The molecule has 0 N–H and O–H groups in total. The van der Waals surface area contributed by atoms with E-state index in [1.165, 1.54) is 82.8 Å². The van der Waals surface area contributed by atoms with Gasteiger partial charge < -0.3 is 9.13 Å². The second kappa shape index (κ2) is 11.5. The minimum atomic E-state index is 0.357. The molecule has 6 aromatic carbocycles. The van der Waals surface area contributed by atoms with Gasteiger partial charge in [-0.15, -0.1) is 0 Å². The molecule has 0 spiro atoms. The molecule has 10 rings (SSSR count). The van der Waals surface area contributed by atoms with Crippen molar-refractivity contribution in [2.75, 3.05) is 0 Å². The number of para-hydroxylation sites is 3. The lowest BCUT2D eigenvalue weighted by atomic mass is 9.85. The molecule has 2 heteroatoms. The standard InChI is InChI=1S/C48H36N2/c1-32-28-36-16-8-9-19-38(36)41(33-14-4-2-5-15-33)31-48(32)50-45-23-13-11-21-40(45)43-30-35(25-27-47(43)50)34-24-26-46-42(29-34)39-20-10-12-22-44(39)49(46)37-17-6-3-7-18-37/h2-27,29-32,36H,28H2,1H3. The van der Waals surface area contributed by atoms with E-state index in [1.54, 1.807) is 0 Å². The van der Waals surface area contributed by atoms with Gasteiger partial charge in [0.25, 0.3) is 0 Å². The second-order valence-electron chi connectivity index (χ2n) is 13.8. The molecule has 0 fully saturated rings. The molecule has 2 aromatic heterocycles. The molecule has 0 amide bonds. The Kier molecular flexibility index (Phi) is 6.63. The monoisotopic (exact) mass is 640 g/mol. The summed E-state index contributed by atoms with van der Waals surface area (Å²) >= 11 is 0. The van der Waals surface area contributed by atoms with Gasteiger partial charge in [0.1, 0.15) is 0 Å². The summed E-state index contributed by atoms with van der Waals surface area (Å²) in [6, 6.07) is 53.4. The highest BCUT2D eigenvalue weighted by Crippen LogP contribution is 2.44.